The molecule has 0 rings (SSSR count). The summed E-state index contributed by atoms with van der Waals surface area (Å²) in [6.07, 6.45) is 0.225. The van der Waals surface area contributed by atoms with Crippen molar-refractivity contribution >= 4 is 0 Å². The van der Waals surface area contributed by atoms with E-state index in [9.17, 15) is 8.78 Å². The maximum absolute atomic E-state index is 12.1. The standard InChI is InChI=1S/C8H15F2/c1-4-5-7(6(2)3)8(9)10/h5-8H,4H2,1-3H3. The topological polar surface area (TPSA) is 0 Å². The van der Waals surface area contributed by atoms with Gasteiger partial charge in [0.25, 0.3) is 0 Å². The zero-order valence-electron chi connectivity index (χ0n) is 6.77. The predicted octanol–water partition coefficient (Wildman–Crippen LogP) is 3.14. The van der Waals surface area contributed by atoms with Crippen LogP contribution in [0, 0.1) is 18.3 Å². The van der Waals surface area contributed by atoms with Gasteiger partial charge in [-0.1, -0.05) is 27.2 Å². The Bertz CT molecular complexity index is 71.3. The van der Waals surface area contributed by atoms with Crippen LogP contribution in [0.1, 0.15) is 27.2 Å². The Labute approximate surface area is 61.6 Å². The Morgan fingerprint density at radius 1 is 1.30 bits per heavy atom. The Hall–Kier alpha value is -0.140. The Kier molecular flexibility index (Phi) is 4.58. The summed E-state index contributed by atoms with van der Waals surface area (Å²) in [6, 6.07) is 0. The molecule has 0 bridgehead atoms. The highest BCUT2D eigenvalue weighted by Crippen LogP contribution is 2.22. The average Bonchev–Trinajstić information content (AvgIpc) is 1.81. The quantitative estimate of drug-likeness (QED) is 0.576. The zero-order chi connectivity index (χ0) is 8.15. The van der Waals surface area contributed by atoms with Gasteiger partial charge in [0.2, 0.25) is 6.43 Å². The van der Waals surface area contributed by atoms with Gasteiger partial charge in [0, 0.05) is 5.92 Å². The first-order valence-corrected chi connectivity index (χ1v) is 3.71. The molecule has 0 aromatic rings. The van der Waals surface area contributed by atoms with E-state index in [2.05, 4.69) is 0 Å². The summed E-state index contributed by atoms with van der Waals surface area (Å²) >= 11 is 0. The average molecular weight is 149 g/mol. The SMILES string of the molecule is CC[CH]C(C(C)C)C(F)F. The van der Waals surface area contributed by atoms with E-state index < -0.39 is 12.3 Å². The van der Waals surface area contributed by atoms with Crippen molar-refractivity contribution in [1.29, 1.82) is 0 Å². The molecule has 1 unspecified atom stereocenters. The van der Waals surface area contributed by atoms with E-state index in [0.717, 1.165) is 6.42 Å². The van der Waals surface area contributed by atoms with Crippen LogP contribution >= 0.6 is 0 Å². The molecule has 0 spiro atoms. The molecule has 0 heterocycles. The second-order valence-corrected chi connectivity index (χ2v) is 2.80. The van der Waals surface area contributed by atoms with Crippen molar-refractivity contribution in [2.45, 2.75) is 33.6 Å². The summed E-state index contributed by atoms with van der Waals surface area (Å²) in [5, 5.41) is 0. The third-order valence-electron chi connectivity index (χ3n) is 1.57. The molecule has 0 aliphatic carbocycles. The minimum absolute atomic E-state index is 0.0555. The molecular formula is C8H15F2. The van der Waals surface area contributed by atoms with Crippen LogP contribution < -0.4 is 0 Å². The molecule has 10 heavy (non-hydrogen) atoms. The molecule has 0 fully saturated rings. The van der Waals surface area contributed by atoms with Crippen molar-refractivity contribution in [3.63, 3.8) is 0 Å². The van der Waals surface area contributed by atoms with Crippen LogP contribution in [0.4, 0.5) is 8.78 Å². The number of hydrogen-bond donors (Lipinski definition) is 0. The van der Waals surface area contributed by atoms with Gasteiger partial charge in [0.1, 0.15) is 0 Å². The van der Waals surface area contributed by atoms with Gasteiger partial charge in [-0.3, -0.25) is 0 Å². The lowest BCUT2D eigenvalue weighted by Crippen LogP contribution is -2.17. The lowest BCUT2D eigenvalue weighted by atomic mass is 9.92. The van der Waals surface area contributed by atoms with Gasteiger partial charge >= 0.3 is 0 Å². The maximum atomic E-state index is 12.1. The molecule has 1 atom stereocenters. The summed E-state index contributed by atoms with van der Waals surface area (Å²) in [6.45, 7) is 5.53. The molecule has 0 aliphatic rings. The van der Waals surface area contributed by atoms with Gasteiger partial charge in [0.15, 0.2) is 0 Å². The van der Waals surface area contributed by atoms with Crippen LogP contribution in [0.25, 0.3) is 0 Å². The molecule has 61 valence electrons. The van der Waals surface area contributed by atoms with Crippen LogP contribution in [0.3, 0.4) is 0 Å². The van der Waals surface area contributed by atoms with Crippen molar-refractivity contribution in [2.24, 2.45) is 11.8 Å². The predicted molar refractivity (Wildman–Crippen MR) is 38.9 cm³/mol. The zero-order valence-corrected chi connectivity index (χ0v) is 6.77. The molecule has 0 nitrogen and oxygen atoms in total. The smallest absolute Gasteiger partial charge is 0.210 e. The molecule has 0 aliphatic heterocycles. The van der Waals surface area contributed by atoms with Gasteiger partial charge < -0.3 is 0 Å². The van der Waals surface area contributed by atoms with Crippen molar-refractivity contribution in [3.8, 4) is 0 Å². The van der Waals surface area contributed by atoms with Crippen LogP contribution in [-0.4, -0.2) is 6.43 Å². The van der Waals surface area contributed by atoms with E-state index in [-0.39, 0.29) is 5.92 Å². The molecular weight excluding hydrogens is 134 g/mol. The van der Waals surface area contributed by atoms with Crippen molar-refractivity contribution in [2.75, 3.05) is 0 Å². The fourth-order valence-corrected chi connectivity index (χ4v) is 0.938. The lowest BCUT2D eigenvalue weighted by Gasteiger charge is -2.18. The third-order valence-corrected chi connectivity index (χ3v) is 1.57. The summed E-state index contributed by atoms with van der Waals surface area (Å²) in [5.74, 6) is -0.468. The molecule has 2 heteroatoms. The molecule has 1 radical (unpaired) electrons. The maximum Gasteiger partial charge on any atom is 0.241 e. The Morgan fingerprint density at radius 3 is 1.90 bits per heavy atom. The molecule has 0 saturated heterocycles. The van der Waals surface area contributed by atoms with E-state index in [1.54, 1.807) is 6.42 Å². The molecule has 0 amide bonds. The number of hydrogen-bond acceptors (Lipinski definition) is 0. The highest BCUT2D eigenvalue weighted by Gasteiger charge is 2.22. The Morgan fingerprint density at radius 2 is 1.80 bits per heavy atom. The fourth-order valence-electron chi connectivity index (χ4n) is 0.938. The van der Waals surface area contributed by atoms with E-state index in [0.29, 0.717) is 0 Å². The third kappa shape index (κ3) is 3.14. The van der Waals surface area contributed by atoms with E-state index in [4.69, 9.17) is 0 Å². The van der Waals surface area contributed by atoms with Crippen LogP contribution in [0.2, 0.25) is 0 Å². The van der Waals surface area contributed by atoms with Gasteiger partial charge in [-0.2, -0.15) is 0 Å². The van der Waals surface area contributed by atoms with E-state index in [1.807, 2.05) is 20.8 Å². The number of rotatable bonds is 4. The normalized spacial score (nSPS) is 14.7. The van der Waals surface area contributed by atoms with Crippen molar-refractivity contribution in [3.05, 3.63) is 6.42 Å². The Balaban J connectivity index is 3.73. The van der Waals surface area contributed by atoms with Crippen LogP contribution in [0.15, 0.2) is 0 Å². The van der Waals surface area contributed by atoms with Crippen LogP contribution in [0.5, 0.6) is 0 Å². The van der Waals surface area contributed by atoms with Gasteiger partial charge in [-0.25, -0.2) is 8.78 Å². The lowest BCUT2D eigenvalue weighted by molar-refractivity contribution is 0.0683. The number of halogens is 2. The second-order valence-electron chi connectivity index (χ2n) is 2.80. The first-order chi connectivity index (χ1) is 4.59. The molecule has 0 saturated carbocycles. The summed E-state index contributed by atoms with van der Waals surface area (Å²) < 4.78 is 24.2. The highest BCUT2D eigenvalue weighted by atomic mass is 19.3. The van der Waals surface area contributed by atoms with E-state index in [1.165, 1.54) is 0 Å². The van der Waals surface area contributed by atoms with Gasteiger partial charge in [-0.15, -0.1) is 0 Å². The van der Waals surface area contributed by atoms with Gasteiger partial charge in [0.05, 0.1) is 0 Å². The minimum atomic E-state index is -2.19. The summed E-state index contributed by atoms with van der Waals surface area (Å²) in [4.78, 5) is 0. The monoisotopic (exact) mass is 149 g/mol. The highest BCUT2D eigenvalue weighted by molar-refractivity contribution is 4.79. The largest absolute Gasteiger partial charge is 0.241 e. The van der Waals surface area contributed by atoms with Crippen molar-refractivity contribution in [1.82, 2.24) is 0 Å². The summed E-state index contributed by atoms with van der Waals surface area (Å²) in [7, 11) is 0. The van der Waals surface area contributed by atoms with Crippen molar-refractivity contribution < 1.29 is 8.78 Å². The number of alkyl halides is 2. The summed E-state index contributed by atoms with van der Waals surface area (Å²) in [5.41, 5.74) is 0. The first kappa shape index (κ1) is 9.86. The van der Waals surface area contributed by atoms with E-state index >= 15 is 0 Å². The molecule has 0 N–H and O–H groups in total. The fraction of sp³-hybridized carbons (Fsp3) is 0.875. The first-order valence-electron chi connectivity index (χ1n) is 3.71. The second kappa shape index (κ2) is 4.64. The van der Waals surface area contributed by atoms with Crippen LogP contribution in [-0.2, 0) is 0 Å². The molecule has 0 aromatic heterocycles. The van der Waals surface area contributed by atoms with Gasteiger partial charge in [-0.05, 0) is 12.3 Å². The molecule has 0 aromatic carbocycles. The minimum Gasteiger partial charge on any atom is -0.210 e.